The number of alkyl halides is 1. The van der Waals surface area contributed by atoms with Crippen LogP contribution in [0.4, 0.5) is 4.39 Å². The van der Waals surface area contributed by atoms with E-state index in [1.54, 1.807) is 17.0 Å². The summed E-state index contributed by atoms with van der Waals surface area (Å²) >= 11 is 3.33. The minimum Gasteiger partial charge on any atom is -0.335 e. The highest BCUT2D eigenvalue weighted by molar-refractivity contribution is 9.09. The molecule has 4 heteroatoms. The summed E-state index contributed by atoms with van der Waals surface area (Å²) in [4.78, 5) is 14.0. The second-order valence-corrected chi connectivity index (χ2v) is 5.20. The maximum Gasteiger partial charge on any atom is 0.257 e. The third-order valence-corrected chi connectivity index (χ3v) is 3.28. The molecule has 17 heavy (non-hydrogen) atoms. The highest BCUT2D eigenvalue weighted by atomic mass is 79.9. The molecule has 2 rings (SSSR count). The summed E-state index contributed by atoms with van der Waals surface area (Å²) in [6.45, 7) is 2.50. The number of carbonyl (C=O) groups is 1. The minimum absolute atomic E-state index is 0.187. The Balaban J connectivity index is 2.24. The van der Waals surface area contributed by atoms with Crippen molar-refractivity contribution in [2.75, 3.05) is 11.9 Å². The first-order chi connectivity index (χ1) is 8.13. The fraction of sp³-hybridized carbons (Fsp3) is 0.462. The summed E-state index contributed by atoms with van der Waals surface area (Å²) in [5.74, 6) is -0.617. The molecule has 1 aromatic rings. The first-order valence-corrected chi connectivity index (χ1v) is 6.88. The van der Waals surface area contributed by atoms with Crippen molar-refractivity contribution in [3.05, 3.63) is 35.1 Å². The van der Waals surface area contributed by atoms with E-state index < -0.39 is 5.82 Å². The largest absolute Gasteiger partial charge is 0.335 e. The molecule has 0 saturated heterocycles. The molecule has 0 atom stereocenters. The van der Waals surface area contributed by atoms with Gasteiger partial charge in [0.2, 0.25) is 0 Å². The number of aryl methyl sites for hydroxylation is 1. The molecule has 0 heterocycles. The molecule has 0 bridgehead atoms. The van der Waals surface area contributed by atoms with E-state index in [1.165, 1.54) is 6.07 Å². The molecule has 92 valence electrons. The second-order valence-electron chi connectivity index (χ2n) is 4.40. The Bertz CT molecular complexity index is 431. The van der Waals surface area contributed by atoms with Crippen LogP contribution in [-0.4, -0.2) is 28.7 Å². The fourth-order valence-corrected chi connectivity index (χ4v) is 2.27. The Morgan fingerprint density at radius 2 is 2.24 bits per heavy atom. The third-order valence-electron chi connectivity index (χ3n) is 2.93. The van der Waals surface area contributed by atoms with Crippen LogP contribution in [0.15, 0.2) is 18.2 Å². The molecule has 2 nitrogen and oxygen atoms in total. The van der Waals surface area contributed by atoms with Gasteiger partial charge in [0, 0.05) is 17.9 Å². The lowest BCUT2D eigenvalue weighted by Gasteiger charge is -2.21. The number of rotatable bonds is 4. The van der Waals surface area contributed by atoms with E-state index in [0.29, 0.717) is 12.6 Å². The van der Waals surface area contributed by atoms with Crippen molar-refractivity contribution in [2.45, 2.75) is 25.8 Å². The average molecular weight is 300 g/mol. The number of nitrogens with zero attached hydrogens (tertiary/aromatic N) is 1. The normalized spacial score (nSPS) is 14.8. The molecule has 1 aliphatic rings. The van der Waals surface area contributed by atoms with Gasteiger partial charge in [-0.25, -0.2) is 4.39 Å². The van der Waals surface area contributed by atoms with Gasteiger partial charge in [0.05, 0.1) is 5.56 Å². The van der Waals surface area contributed by atoms with E-state index in [9.17, 15) is 9.18 Å². The molecule has 1 fully saturated rings. The molecule has 0 aromatic heterocycles. The van der Waals surface area contributed by atoms with Crippen LogP contribution in [0.1, 0.15) is 28.8 Å². The van der Waals surface area contributed by atoms with Crippen LogP contribution >= 0.6 is 15.9 Å². The van der Waals surface area contributed by atoms with Gasteiger partial charge in [0.15, 0.2) is 0 Å². The van der Waals surface area contributed by atoms with E-state index in [4.69, 9.17) is 0 Å². The third kappa shape index (κ3) is 2.86. The van der Waals surface area contributed by atoms with Crippen molar-refractivity contribution in [2.24, 2.45) is 0 Å². The van der Waals surface area contributed by atoms with Gasteiger partial charge in [0.1, 0.15) is 5.82 Å². The van der Waals surface area contributed by atoms with Gasteiger partial charge in [-0.2, -0.15) is 0 Å². The topological polar surface area (TPSA) is 20.3 Å². The first kappa shape index (κ1) is 12.6. The van der Waals surface area contributed by atoms with Gasteiger partial charge in [0.25, 0.3) is 5.91 Å². The highest BCUT2D eigenvalue weighted by Gasteiger charge is 2.33. The predicted molar refractivity (Wildman–Crippen MR) is 69.0 cm³/mol. The first-order valence-electron chi connectivity index (χ1n) is 5.76. The monoisotopic (exact) mass is 299 g/mol. The van der Waals surface area contributed by atoms with E-state index in [-0.39, 0.29) is 11.5 Å². The van der Waals surface area contributed by atoms with E-state index >= 15 is 0 Å². The standard InChI is InChI=1S/C13H15BrFNO/c1-9-2-5-12(15)11(8-9)13(17)16(7-6-14)10-3-4-10/h2,5,8,10H,3-4,6-7H2,1H3. The lowest BCUT2D eigenvalue weighted by atomic mass is 10.1. The molecule has 0 radical (unpaired) electrons. The van der Waals surface area contributed by atoms with Gasteiger partial charge in [-0.3, -0.25) is 4.79 Å². The molecular formula is C13H15BrFNO. The van der Waals surface area contributed by atoms with Crippen LogP contribution < -0.4 is 0 Å². The Labute approximate surface area is 109 Å². The molecule has 1 aliphatic carbocycles. The molecule has 0 unspecified atom stereocenters. The summed E-state index contributed by atoms with van der Waals surface area (Å²) in [6.07, 6.45) is 2.07. The van der Waals surface area contributed by atoms with Gasteiger partial charge in [-0.15, -0.1) is 0 Å². The van der Waals surface area contributed by atoms with Crippen LogP contribution in [0.2, 0.25) is 0 Å². The number of hydrogen-bond donors (Lipinski definition) is 0. The summed E-state index contributed by atoms with van der Waals surface area (Å²) in [5, 5.41) is 0.725. The molecule has 1 aromatic carbocycles. The maximum absolute atomic E-state index is 13.6. The predicted octanol–water partition coefficient (Wildman–Crippen LogP) is 3.13. The van der Waals surface area contributed by atoms with Crippen molar-refractivity contribution in [1.29, 1.82) is 0 Å². The van der Waals surface area contributed by atoms with Gasteiger partial charge < -0.3 is 4.90 Å². The highest BCUT2D eigenvalue weighted by Crippen LogP contribution is 2.28. The van der Waals surface area contributed by atoms with E-state index in [1.807, 2.05) is 6.92 Å². The van der Waals surface area contributed by atoms with Crippen molar-refractivity contribution < 1.29 is 9.18 Å². The van der Waals surface area contributed by atoms with Crippen LogP contribution in [0, 0.1) is 12.7 Å². The van der Waals surface area contributed by atoms with Crippen molar-refractivity contribution in [3.63, 3.8) is 0 Å². The zero-order valence-corrected chi connectivity index (χ0v) is 11.3. The minimum atomic E-state index is -0.430. The zero-order valence-electron chi connectivity index (χ0n) is 9.75. The molecule has 0 aliphatic heterocycles. The van der Waals surface area contributed by atoms with Crippen molar-refractivity contribution in [1.82, 2.24) is 4.90 Å². The molecule has 0 N–H and O–H groups in total. The SMILES string of the molecule is Cc1ccc(F)c(C(=O)N(CCBr)C2CC2)c1. The zero-order chi connectivity index (χ0) is 12.4. The Hall–Kier alpha value is -0.900. The van der Waals surface area contributed by atoms with Crippen molar-refractivity contribution in [3.8, 4) is 0 Å². The maximum atomic E-state index is 13.6. The number of benzene rings is 1. The lowest BCUT2D eigenvalue weighted by Crippen LogP contribution is -2.35. The van der Waals surface area contributed by atoms with Crippen molar-refractivity contribution >= 4 is 21.8 Å². The second kappa shape index (κ2) is 5.17. The van der Waals surface area contributed by atoms with E-state index in [0.717, 1.165) is 23.7 Å². The van der Waals surface area contributed by atoms with E-state index in [2.05, 4.69) is 15.9 Å². The van der Waals surface area contributed by atoms with Gasteiger partial charge >= 0.3 is 0 Å². The molecule has 0 spiro atoms. The fourth-order valence-electron chi connectivity index (χ4n) is 1.88. The smallest absolute Gasteiger partial charge is 0.257 e. The number of halogens is 2. The summed E-state index contributed by atoms with van der Waals surface area (Å²) < 4.78 is 13.6. The Kier molecular flexibility index (Phi) is 3.82. The Morgan fingerprint density at radius 1 is 1.53 bits per heavy atom. The summed E-state index contributed by atoms with van der Waals surface area (Å²) in [5.41, 5.74) is 1.10. The molecular weight excluding hydrogens is 285 g/mol. The van der Waals surface area contributed by atoms with Crippen LogP contribution in [0.25, 0.3) is 0 Å². The number of carbonyl (C=O) groups excluding carboxylic acids is 1. The summed E-state index contributed by atoms with van der Waals surface area (Å²) in [7, 11) is 0. The van der Waals surface area contributed by atoms with Gasteiger partial charge in [-0.05, 0) is 31.9 Å². The quantitative estimate of drug-likeness (QED) is 0.782. The number of amides is 1. The molecule has 1 saturated carbocycles. The average Bonchev–Trinajstić information content (AvgIpc) is 3.12. The number of hydrogen-bond acceptors (Lipinski definition) is 1. The van der Waals surface area contributed by atoms with Gasteiger partial charge in [-0.1, -0.05) is 27.6 Å². The van der Waals surface area contributed by atoms with Crippen LogP contribution in [0.3, 0.4) is 0 Å². The van der Waals surface area contributed by atoms with Crippen LogP contribution in [-0.2, 0) is 0 Å². The Morgan fingerprint density at radius 3 is 2.82 bits per heavy atom. The lowest BCUT2D eigenvalue weighted by molar-refractivity contribution is 0.0750. The molecule has 1 amide bonds. The summed E-state index contributed by atoms with van der Waals surface area (Å²) in [6, 6.07) is 4.97. The van der Waals surface area contributed by atoms with Crippen LogP contribution in [0.5, 0.6) is 0 Å².